The molecule has 0 spiro atoms. The van der Waals surface area contributed by atoms with Crippen LogP contribution in [0.15, 0.2) is 48.5 Å². The van der Waals surface area contributed by atoms with Crippen LogP contribution >= 0.6 is 0 Å². The zero-order chi connectivity index (χ0) is 22.5. The zero-order valence-electron chi connectivity index (χ0n) is 16.5. The number of carbonyl (C=O) groups is 1. The van der Waals surface area contributed by atoms with E-state index in [0.717, 1.165) is 4.68 Å². The van der Waals surface area contributed by atoms with E-state index in [2.05, 4.69) is 10.4 Å². The molecule has 0 saturated heterocycles. The van der Waals surface area contributed by atoms with Gasteiger partial charge in [0.15, 0.2) is 0 Å². The summed E-state index contributed by atoms with van der Waals surface area (Å²) in [6.45, 7) is 1.20. The molecule has 31 heavy (non-hydrogen) atoms. The normalized spacial score (nSPS) is 10.7. The number of anilines is 1. The number of carbonyl (C=O) groups excluding carboxylic acids is 1. The lowest BCUT2D eigenvalue weighted by Gasteiger charge is -2.10. The Bertz CT molecular complexity index is 1100. The Balaban J connectivity index is 1.78. The molecule has 11 heteroatoms. The first kappa shape index (κ1) is 21.7. The number of hydrogen-bond acceptors (Lipinski definition) is 6. The standard InChI is InChI=1S/C20H18F2N4O5/c1-12-7-18(20(21)22)24-25(12)11-19(27)23-13-8-14(26(28)29)10-17(9-13)31-16-5-3-15(30-2)4-6-16/h3-10,20H,11H2,1-2H3,(H,23,27). The number of non-ortho nitro benzene ring substituents is 1. The van der Waals surface area contributed by atoms with Crippen LogP contribution in [0.3, 0.4) is 0 Å². The van der Waals surface area contributed by atoms with Crippen molar-refractivity contribution >= 4 is 17.3 Å². The number of benzene rings is 2. The Hall–Kier alpha value is -4.02. The highest BCUT2D eigenvalue weighted by Gasteiger charge is 2.17. The average molecular weight is 432 g/mol. The largest absolute Gasteiger partial charge is 0.497 e. The molecule has 0 fully saturated rings. The molecule has 0 radical (unpaired) electrons. The summed E-state index contributed by atoms with van der Waals surface area (Å²) in [5.41, 5.74) is -0.234. The third kappa shape index (κ3) is 5.53. The molecular formula is C20H18F2N4O5. The van der Waals surface area contributed by atoms with Crippen molar-refractivity contribution < 1.29 is 28.0 Å². The van der Waals surface area contributed by atoms with Crippen molar-refractivity contribution in [2.24, 2.45) is 0 Å². The molecule has 0 aliphatic heterocycles. The quantitative estimate of drug-likeness (QED) is 0.415. The number of halogens is 2. The Morgan fingerprint density at radius 3 is 2.42 bits per heavy atom. The summed E-state index contributed by atoms with van der Waals surface area (Å²) in [5.74, 6) is 0.557. The fourth-order valence-electron chi connectivity index (χ4n) is 2.74. The van der Waals surface area contributed by atoms with Crippen LogP contribution in [0.2, 0.25) is 0 Å². The number of nitro benzene ring substituents is 1. The van der Waals surface area contributed by atoms with Gasteiger partial charge in [-0.05, 0) is 37.3 Å². The van der Waals surface area contributed by atoms with E-state index in [9.17, 15) is 23.7 Å². The van der Waals surface area contributed by atoms with Crippen molar-refractivity contribution in [3.63, 3.8) is 0 Å². The predicted octanol–water partition coefficient (Wildman–Crippen LogP) is 4.48. The molecule has 1 amide bonds. The number of amides is 1. The summed E-state index contributed by atoms with van der Waals surface area (Å²) in [5, 5.41) is 17.5. The number of nitro groups is 1. The number of ether oxygens (including phenoxy) is 2. The van der Waals surface area contributed by atoms with Crippen LogP contribution in [0.1, 0.15) is 17.8 Å². The summed E-state index contributed by atoms with van der Waals surface area (Å²) >= 11 is 0. The third-order valence-electron chi connectivity index (χ3n) is 4.20. The second-order valence-corrected chi connectivity index (χ2v) is 6.47. The summed E-state index contributed by atoms with van der Waals surface area (Å²) in [6.07, 6.45) is -2.75. The van der Waals surface area contributed by atoms with E-state index >= 15 is 0 Å². The van der Waals surface area contributed by atoms with Gasteiger partial charge in [-0.3, -0.25) is 19.6 Å². The van der Waals surface area contributed by atoms with Crippen LogP contribution in [0, 0.1) is 17.0 Å². The number of aryl methyl sites for hydroxylation is 1. The Labute approximate surface area is 175 Å². The molecule has 0 aliphatic rings. The molecule has 0 atom stereocenters. The van der Waals surface area contributed by atoms with Gasteiger partial charge in [0.1, 0.15) is 29.5 Å². The number of alkyl halides is 2. The monoisotopic (exact) mass is 432 g/mol. The van der Waals surface area contributed by atoms with Crippen molar-refractivity contribution in [2.45, 2.75) is 19.9 Å². The van der Waals surface area contributed by atoms with E-state index in [4.69, 9.17) is 9.47 Å². The van der Waals surface area contributed by atoms with E-state index in [-0.39, 0.29) is 23.7 Å². The van der Waals surface area contributed by atoms with Gasteiger partial charge in [-0.1, -0.05) is 0 Å². The van der Waals surface area contributed by atoms with Crippen molar-refractivity contribution in [1.82, 2.24) is 9.78 Å². The summed E-state index contributed by atoms with van der Waals surface area (Å²) < 4.78 is 37.4. The third-order valence-corrected chi connectivity index (χ3v) is 4.20. The lowest BCUT2D eigenvalue weighted by molar-refractivity contribution is -0.384. The van der Waals surface area contributed by atoms with Crippen LogP contribution in [0.5, 0.6) is 17.2 Å². The Morgan fingerprint density at radius 1 is 1.16 bits per heavy atom. The minimum atomic E-state index is -2.75. The molecular weight excluding hydrogens is 414 g/mol. The van der Waals surface area contributed by atoms with Crippen molar-refractivity contribution in [2.75, 3.05) is 12.4 Å². The maximum Gasteiger partial charge on any atom is 0.282 e. The minimum Gasteiger partial charge on any atom is -0.497 e. The molecule has 1 aromatic heterocycles. The highest BCUT2D eigenvalue weighted by molar-refractivity contribution is 5.91. The molecule has 1 heterocycles. The van der Waals surface area contributed by atoms with Crippen LogP contribution in [0.4, 0.5) is 20.2 Å². The van der Waals surface area contributed by atoms with Crippen LogP contribution in [-0.4, -0.2) is 27.7 Å². The first-order valence-electron chi connectivity index (χ1n) is 8.99. The fraction of sp³-hybridized carbons (Fsp3) is 0.200. The number of hydrogen-bond donors (Lipinski definition) is 1. The van der Waals surface area contributed by atoms with Gasteiger partial charge in [0.2, 0.25) is 5.91 Å². The molecule has 0 saturated carbocycles. The summed E-state index contributed by atoms with van der Waals surface area (Å²) in [4.78, 5) is 23.0. The number of aromatic nitrogens is 2. The topological polar surface area (TPSA) is 109 Å². The van der Waals surface area contributed by atoms with Gasteiger partial charge in [-0.2, -0.15) is 5.10 Å². The van der Waals surface area contributed by atoms with Gasteiger partial charge in [0.25, 0.3) is 12.1 Å². The molecule has 3 rings (SSSR count). The second kappa shape index (κ2) is 9.20. The number of nitrogens with one attached hydrogen (secondary N) is 1. The van der Waals surface area contributed by atoms with E-state index in [1.54, 1.807) is 31.2 Å². The van der Waals surface area contributed by atoms with Crippen molar-refractivity contribution in [3.05, 3.63) is 70.0 Å². The maximum absolute atomic E-state index is 12.8. The summed E-state index contributed by atoms with van der Waals surface area (Å²) in [7, 11) is 1.52. The maximum atomic E-state index is 12.8. The van der Waals surface area contributed by atoms with Gasteiger partial charge in [0.05, 0.1) is 23.8 Å². The van der Waals surface area contributed by atoms with Gasteiger partial charge in [0, 0.05) is 17.8 Å². The molecule has 0 unspecified atom stereocenters. The zero-order valence-corrected chi connectivity index (χ0v) is 16.5. The molecule has 1 N–H and O–H groups in total. The van der Waals surface area contributed by atoms with E-state index < -0.39 is 22.9 Å². The first-order chi connectivity index (χ1) is 14.7. The van der Waals surface area contributed by atoms with Gasteiger partial charge < -0.3 is 14.8 Å². The van der Waals surface area contributed by atoms with Gasteiger partial charge in [-0.25, -0.2) is 8.78 Å². The number of methoxy groups -OCH3 is 1. The van der Waals surface area contributed by atoms with Crippen molar-refractivity contribution in [3.8, 4) is 17.2 Å². The highest BCUT2D eigenvalue weighted by atomic mass is 19.3. The molecule has 162 valence electrons. The van der Waals surface area contributed by atoms with E-state index in [0.29, 0.717) is 17.2 Å². The van der Waals surface area contributed by atoms with Crippen LogP contribution < -0.4 is 14.8 Å². The SMILES string of the molecule is COc1ccc(Oc2cc(NC(=O)Cn3nc(C(F)F)cc3C)cc([N+](=O)[O-])c2)cc1. The predicted molar refractivity (Wildman–Crippen MR) is 107 cm³/mol. The van der Waals surface area contributed by atoms with Crippen LogP contribution in [0.25, 0.3) is 0 Å². The Kier molecular flexibility index (Phi) is 6.43. The van der Waals surface area contributed by atoms with E-state index in [1.165, 1.54) is 31.4 Å². The lowest BCUT2D eigenvalue weighted by Crippen LogP contribution is -2.20. The molecule has 0 aliphatic carbocycles. The first-order valence-corrected chi connectivity index (χ1v) is 8.99. The molecule has 3 aromatic rings. The van der Waals surface area contributed by atoms with Crippen LogP contribution in [-0.2, 0) is 11.3 Å². The number of nitrogens with zero attached hydrogens (tertiary/aromatic N) is 3. The molecule has 0 bridgehead atoms. The fourth-order valence-corrected chi connectivity index (χ4v) is 2.74. The lowest BCUT2D eigenvalue weighted by atomic mass is 10.2. The van der Waals surface area contributed by atoms with Gasteiger partial charge >= 0.3 is 0 Å². The smallest absolute Gasteiger partial charge is 0.282 e. The summed E-state index contributed by atoms with van der Waals surface area (Å²) in [6, 6.07) is 11.5. The minimum absolute atomic E-state index is 0.113. The van der Waals surface area contributed by atoms with Gasteiger partial charge in [-0.15, -0.1) is 0 Å². The number of rotatable bonds is 8. The van der Waals surface area contributed by atoms with E-state index in [1.807, 2.05) is 0 Å². The second-order valence-electron chi connectivity index (χ2n) is 6.47. The average Bonchev–Trinajstić information content (AvgIpc) is 3.09. The Morgan fingerprint density at radius 2 is 1.84 bits per heavy atom. The molecule has 9 nitrogen and oxygen atoms in total. The van der Waals surface area contributed by atoms with Crippen molar-refractivity contribution in [1.29, 1.82) is 0 Å². The molecule has 2 aromatic carbocycles. The highest BCUT2D eigenvalue weighted by Crippen LogP contribution is 2.30.